The molecular weight excluding hydrogens is 447 g/mol. The number of nitrogens with one attached hydrogen (secondary N) is 2. The predicted molar refractivity (Wildman–Crippen MR) is 112 cm³/mol. The number of H-pyrrole nitrogens is 1. The molecule has 3 N–H and O–H groups in total. The summed E-state index contributed by atoms with van der Waals surface area (Å²) in [7, 11) is 0. The zero-order chi connectivity index (χ0) is 23.3. The number of ketones is 1. The first-order valence-electron chi connectivity index (χ1n) is 9.45. The molecule has 1 saturated carbocycles. The Morgan fingerprint density at radius 2 is 1.84 bits per heavy atom. The van der Waals surface area contributed by atoms with Crippen molar-refractivity contribution < 1.29 is 32.7 Å². The summed E-state index contributed by atoms with van der Waals surface area (Å²) in [5.74, 6) is -2.55. The molecule has 0 saturated heterocycles. The summed E-state index contributed by atoms with van der Waals surface area (Å²) < 4.78 is 31.7. The highest BCUT2D eigenvalue weighted by Gasteiger charge is 2.38. The number of thioether (sulfide) groups is 1. The molecule has 11 heteroatoms. The molecular formula is C21H18F3N3O4S. The molecule has 1 aliphatic carbocycles. The Balaban J connectivity index is 0.000000360. The number of para-hydroxylation sites is 1. The highest BCUT2D eigenvalue weighted by molar-refractivity contribution is 7.99. The van der Waals surface area contributed by atoms with Gasteiger partial charge in [0.25, 0.3) is 5.91 Å². The number of pyridine rings is 1. The van der Waals surface area contributed by atoms with Gasteiger partial charge in [0.1, 0.15) is 0 Å². The van der Waals surface area contributed by atoms with Crippen LogP contribution in [-0.2, 0) is 4.79 Å². The largest absolute Gasteiger partial charge is 0.490 e. The molecule has 1 fully saturated rings. The summed E-state index contributed by atoms with van der Waals surface area (Å²) in [6.45, 7) is 0. The number of rotatable bonds is 6. The number of amides is 1. The molecule has 0 atom stereocenters. The first kappa shape index (κ1) is 23.3. The number of alkyl halides is 3. The summed E-state index contributed by atoms with van der Waals surface area (Å²) in [6.07, 6.45) is -1.27. The van der Waals surface area contributed by atoms with Crippen LogP contribution in [0.3, 0.4) is 0 Å². The van der Waals surface area contributed by atoms with Gasteiger partial charge in [0, 0.05) is 17.6 Å². The van der Waals surface area contributed by atoms with Gasteiger partial charge in [0.05, 0.1) is 27.6 Å². The van der Waals surface area contributed by atoms with E-state index in [2.05, 4.69) is 15.3 Å². The molecule has 2 aromatic heterocycles. The third-order valence-electron chi connectivity index (χ3n) is 4.34. The van der Waals surface area contributed by atoms with Crippen molar-refractivity contribution >= 4 is 40.3 Å². The maximum atomic E-state index is 12.6. The Morgan fingerprint density at radius 1 is 1.16 bits per heavy atom. The number of halogens is 3. The SMILES string of the molecule is O=C(CSc1cc(C(=O)NC2CC2)c2ccccc2n1)c1ccc[nH]1.O=C(O)C(F)(F)F. The predicted octanol–water partition coefficient (Wildman–Crippen LogP) is 4.06. The second-order valence-electron chi connectivity index (χ2n) is 6.87. The van der Waals surface area contributed by atoms with Crippen LogP contribution in [0, 0.1) is 0 Å². The Labute approximate surface area is 184 Å². The highest BCUT2D eigenvalue weighted by Crippen LogP contribution is 2.26. The number of nitrogens with zero attached hydrogens (tertiary/aromatic N) is 1. The molecule has 168 valence electrons. The van der Waals surface area contributed by atoms with E-state index in [1.807, 2.05) is 24.3 Å². The van der Waals surface area contributed by atoms with E-state index in [4.69, 9.17) is 9.90 Å². The van der Waals surface area contributed by atoms with Gasteiger partial charge in [-0.15, -0.1) is 0 Å². The van der Waals surface area contributed by atoms with Gasteiger partial charge in [0.2, 0.25) is 0 Å². The standard InChI is InChI=1S/C19H17N3O2S.C2HF3O2/c23-17(16-6-3-9-20-16)11-25-18-10-14(19(24)21-12-7-8-12)13-4-1-2-5-15(13)22-18;3-2(4,5)1(6)7/h1-6,9-10,12,20H,7-8,11H2,(H,21,24);(H,6,7). The van der Waals surface area contributed by atoms with Crippen LogP contribution in [0.4, 0.5) is 13.2 Å². The Kier molecular flexibility index (Phi) is 7.18. The summed E-state index contributed by atoms with van der Waals surface area (Å²) in [5, 5.41) is 11.7. The van der Waals surface area contributed by atoms with Gasteiger partial charge in [-0.1, -0.05) is 30.0 Å². The van der Waals surface area contributed by atoms with Crippen LogP contribution in [0.2, 0.25) is 0 Å². The van der Waals surface area contributed by atoms with Crippen LogP contribution in [-0.4, -0.2) is 50.7 Å². The van der Waals surface area contributed by atoms with Gasteiger partial charge in [-0.3, -0.25) is 9.59 Å². The number of carboxylic acid groups (broad SMARTS) is 1. The van der Waals surface area contributed by atoms with Crippen LogP contribution < -0.4 is 5.32 Å². The van der Waals surface area contributed by atoms with Crippen molar-refractivity contribution in [2.75, 3.05) is 5.75 Å². The third kappa shape index (κ3) is 6.33. The summed E-state index contributed by atoms with van der Waals surface area (Å²) in [6, 6.07) is 13.2. The van der Waals surface area contributed by atoms with Crippen molar-refractivity contribution in [1.82, 2.24) is 15.3 Å². The number of aromatic amines is 1. The van der Waals surface area contributed by atoms with Gasteiger partial charge in [0.15, 0.2) is 5.78 Å². The minimum absolute atomic E-state index is 0.00828. The van der Waals surface area contributed by atoms with E-state index in [0.717, 1.165) is 23.7 Å². The smallest absolute Gasteiger partial charge is 0.475 e. The maximum Gasteiger partial charge on any atom is 0.490 e. The van der Waals surface area contributed by atoms with Gasteiger partial charge in [-0.2, -0.15) is 13.2 Å². The number of hydrogen-bond donors (Lipinski definition) is 3. The Bertz CT molecular complexity index is 1130. The molecule has 1 amide bonds. The molecule has 0 bridgehead atoms. The number of fused-ring (bicyclic) bond motifs is 1. The number of hydrogen-bond acceptors (Lipinski definition) is 5. The van der Waals surface area contributed by atoms with Crippen molar-refractivity contribution in [2.24, 2.45) is 0 Å². The van der Waals surface area contributed by atoms with E-state index < -0.39 is 12.1 Å². The van der Waals surface area contributed by atoms with E-state index in [1.165, 1.54) is 11.8 Å². The molecule has 0 aliphatic heterocycles. The molecule has 0 spiro atoms. The highest BCUT2D eigenvalue weighted by atomic mass is 32.2. The molecule has 32 heavy (non-hydrogen) atoms. The van der Waals surface area contributed by atoms with Crippen LogP contribution in [0.5, 0.6) is 0 Å². The zero-order valence-corrected chi connectivity index (χ0v) is 17.3. The third-order valence-corrected chi connectivity index (χ3v) is 5.25. The number of Topliss-reactive ketones (excluding diaryl/α,β-unsaturated/α-hetero) is 1. The van der Waals surface area contributed by atoms with E-state index in [9.17, 15) is 22.8 Å². The molecule has 2 heterocycles. The lowest BCUT2D eigenvalue weighted by atomic mass is 10.1. The lowest BCUT2D eigenvalue weighted by molar-refractivity contribution is -0.192. The molecule has 0 unspecified atom stereocenters. The van der Waals surface area contributed by atoms with Crippen molar-refractivity contribution in [3.63, 3.8) is 0 Å². The van der Waals surface area contributed by atoms with Crippen LogP contribution in [0.25, 0.3) is 10.9 Å². The summed E-state index contributed by atoms with van der Waals surface area (Å²) in [5.41, 5.74) is 1.97. The van der Waals surface area contributed by atoms with Crippen molar-refractivity contribution in [3.8, 4) is 0 Å². The Morgan fingerprint density at radius 3 is 2.44 bits per heavy atom. The number of aliphatic carboxylic acids is 1. The molecule has 7 nitrogen and oxygen atoms in total. The molecule has 1 aromatic carbocycles. The number of carboxylic acids is 1. The van der Waals surface area contributed by atoms with Crippen molar-refractivity contribution in [1.29, 1.82) is 0 Å². The van der Waals surface area contributed by atoms with E-state index in [0.29, 0.717) is 22.3 Å². The maximum absolute atomic E-state index is 12.6. The van der Waals surface area contributed by atoms with Gasteiger partial charge >= 0.3 is 12.1 Å². The topological polar surface area (TPSA) is 112 Å². The van der Waals surface area contributed by atoms with Crippen molar-refractivity contribution in [2.45, 2.75) is 30.1 Å². The molecule has 1 aliphatic rings. The lowest BCUT2D eigenvalue weighted by Gasteiger charge is -2.09. The molecule has 0 radical (unpaired) electrons. The minimum Gasteiger partial charge on any atom is -0.475 e. The van der Waals surface area contributed by atoms with Crippen LogP contribution in [0.1, 0.15) is 33.7 Å². The fraction of sp³-hybridized carbons (Fsp3) is 0.238. The molecule has 4 rings (SSSR count). The monoisotopic (exact) mass is 465 g/mol. The number of aromatic nitrogens is 2. The number of carbonyl (C=O) groups excluding carboxylic acids is 2. The summed E-state index contributed by atoms with van der Waals surface area (Å²) in [4.78, 5) is 41.1. The quantitative estimate of drug-likeness (QED) is 0.374. The van der Waals surface area contributed by atoms with Crippen LogP contribution in [0.15, 0.2) is 53.7 Å². The summed E-state index contributed by atoms with van der Waals surface area (Å²) >= 11 is 1.35. The zero-order valence-electron chi connectivity index (χ0n) is 16.5. The average molecular weight is 465 g/mol. The number of benzene rings is 1. The fourth-order valence-electron chi connectivity index (χ4n) is 2.62. The first-order chi connectivity index (χ1) is 15.1. The minimum atomic E-state index is -5.08. The fourth-order valence-corrected chi connectivity index (χ4v) is 3.42. The van der Waals surface area contributed by atoms with E-state index in [-0.39, 0.29) is 17.4 Å². The normalized spacial score (nSPS) is 13.2. The number of carbonyl (C=O) groups is 3. The van der Waals surface area contributed by atoms with E-state index in [1.54, 1.807) is 24.4 Å². The molecule has 3 aromatic rings. The lowest BCUT2D eigenvalue weighted by Crippen LogP contribution is -2.25. The van der Waals surface area contributed by atoms with Gasteiger partial charge in [-0.25, -0.2) is 9.78 Å². The Hall–Kier alpha value is -3.34. The first-order valence-corrected chi connectivity index (χ1v) is 10.4. The van der Waals surface area contributed by atoms with Gasteiger partial charge < -0.3 is 15.4 Å². The average Bonchev–Trinajstić information content (AvgIpc) is 3.38. The second kappa shape index (κ2) is 9.86. The van der Waals surface area contributed by atoms with Crippen LogP contribution >= 0.6 is 11.8 Å². The van der Waals surface area contributed by atoms with E-state index >= 15 is 0 Å². The van der Waals surface area contributed by atoms with Gasteiger partial charge in [-0.05, 0) is 37.1 Å². The van der Waals surface area contributed by atoms with Crippen molar-refractivity contribution in [3.05, 3.63) is 59.9 Å². The second-order valence-corrected chi connectivity index (χ2v) is 7.87.